The van der Waals surface area contributed by atoms with Crippen molar-refractivity contribution in [3.8, 4) is 0 Å². The molecule has 0 radical (unpaired) electrons. The summed E-state index contributed by atoms with van der Waals surface area (Å²) in [5, 5.41) is 8.51. The molecule has 0 aliphatic heterocycles. The number of carbonyl (C=O) groups is 1. The van der Waals surface area contributed by atoms with E-state index in [-0.39, 0.29) is 16.6 Å². The Morgan fingerprint density at radius 1 is 1.38 bits per heavy atom. The summed E-state index contributed by atoms with van der Waals surface area (Å²) >= 11 is 1.31. The van der Waals surface area contributed by atoms with E-state index in [1.54, 1.807) is 13.2 Å². The van der Waals surface area contributed by atoms with Crippen LogP contribution < -0.4 is 10.5 Å². The van der Waals surface area contributed by atoms with E-state index in [9.17, 15) is 13.2 Å². The number of aryl methyl sites for hydroxylation is 1. The van der Waals surface area contributed by atoms with Crippen LogP contribution >= 0.6 is 11.8 Å². The first-order valence-electron chi connectivity index (χ1n) is 7.80. The number of primary sulfonamides is 1. The van der Waals surface area contributed by atoms with Crippen LogP contribution in [0.25, 0.3) is 0 Å². The van der Waals surface area contributed by atoms with Crippen LogP contribution in [0.5, 0.6) is 0 Å². The molecule has 0 unspecified atom stereocenters. The van der Waals surface area contributed by atoms with E-state index in [0.29, 0.717) is 18.8 Å². The van der Waals surface area contributed by atoms with Gasteiger partial charge in [0.15, 0.2) is 5.16 Å². The molecule has 0 atom stereocenters. The Labute approximate surface area is 157 Å². The number of carbonyl (C=O) groups excluding carboxylic acids is 1. The van der Waals surface area contributed by atoms with E-state index in [4.69, 9.17) is 9.88 Å². The van der Waals surface area contributed by atoms with Gasteiger partial charge in [0.2, 0.25) is 15.9 Å². The lowest BCUT2D eigenvalue weighted by Crippen LogP contribution is -2.16. The molecular formula is C16H22N4O4S2. The molecule has 3 N–H and O–H groups in total. The normalized spacial score (nSPS) is 11.5. The van der Waals surface area contributed by atoms with Gasteiger partial charge in [-0.05, 0) is 32.0 Å². The Kier molecular flexibility index (Phi) is 6.81. The summed E-state index contributed by atoms with van der Waals surface area (Å²) in [5.41, 5.74) is 2.31. The highest BCUT2D eigenvalue weighted by Gasteiger charge is 2.14. The molecule has 1 amide bonds. The number of ether oxygens (including phenoxy) is 1. The van der Waals surface area contributed by atoms with E-state index in [2.05, 4.69) is 10.3 Å². The van der Waals surface area contributed by atoms with Crippen LogP contribution in [-0.2, 0) is 26.1 Å². The lowest BCUT2D eigenvalue weighted by atomic mass is 10.3. The molecule has 1 aromatic carbocycles. The SMILES string of the molecule is COCCn1c(SCC(=O)Nc2cccc(S(N)(=O)=O)c2)nc(C)c1C. The third-order valence-corrected chi connectivity index (χ3v) is 5.61. The third-order valence-electron chi connectivity index (χ3n) is 3.72. The minimum absolute atomic E-state index is 0.0516. The molecular weight excluding hydrogens is 376 g/mol. The van der Waals surface area contributed by atoms with Gasteiger partial charge in [0, 0.05) is 25.0 Å². The number of thioether (sulfide) groups is 1. The van der Waals surface area contributed by atoms with Crippen molar-refractivity contribution in [2.75, 3.05) is 24.8 Å². The zero-order valence-electron chi connectivity index (χ0n) is 14.9. The van der Waals surface area contributed by atoms with E-state index in [0.717, 1.165) is 16.5 Å². The fourth-order valence-electron chi connectivity index (χ4n) is 2.26. The minimum atomic E-state index is -3.81. The first-order chi connectivity index (χ1) is 12.2. The molecule has 8 nitrogen and oxygen atoms in total. The molecule has 1 aromatic heterocycles. The van der Waals surface area contributed by atoms with Crippen LogP contribution in [0.4, 0.5) is 5.69 Å². The van der Waals surface area contributed by atoms with Crippen molar-refractivity contribution >= 4 is 33.4 Å². The number of nitrogens with zero attached hydrogens (tertiary/aromatic N) is 2. The molecule has 0 aliphatic rings. The van der Waals surface area contributed by atoms with Gasteiger partial charge in [0.1, 0.15) is 0 Å². The smallest absolute Gasteiger partial charge is 0.238 e. The number of methoxy groups -OCH3 is 1. The van der Waals surface area contributed by atoms with Gasteiger partial charge in [-0.15, -0.1) is 0 Å². The number of nitrogens with two attached hydrogens (primary N) is 1. The lowest BCUT2D eigenvalue weighted by Gasteiger charge is -2.09. The molecule has 10 heteroatoms. The molecule has 26 heavy (non-hydrogen) atoms. The van der Waals surface area contributed by atoms with Crippen molar-refractivity contribution < 1.29 is 17.9 Å². The Balaban J connectivity index is 2.03. The topological polar surface area (TPSA) is 116 Å². The number of amides is 1. The van der Waals surface area contributed by atoms with Gasteiger partial charge in [0.05, 0.1) is 22.9 Å². The number of hydrogen-bond donors (Lipinski definition) is 2. The van der Waals surface area contributed by atoms with Gasteiger partial charge >= 0.3 is 0 Å². The number of imidazole rings is 1. The Bertz CT molecular complexity index is 894. The molecule has 0 saturated carbocycles. The van der Waals surface area contributed by atoms with E-state index in [1.807, 2.05) is 18.4 Å². The first-order valence-corrected chi connectivity index (χ1v) is 10.3. The van der Waals surface area contributed by atoms with Crippen LogP contribution in [0, 0.1) is 13.8 Å². The molecule has 0 saturated heterocycles. The van der Waals surface area contributed by atoms with Gasteiger partial charge in [-0.1, -0.05) is 17.8 Å². The third kappa shape index (κ3) is 5.31. The fraction of sp³-hybridized carbons (Fsp3) is 0.375. The van der Waals surface area contributed by atoms with Gasteiger partial charge < -0.3 is 14.6 Å². The summed E-state index contributed by atoms with van der Waals surface area (Å²) in [6.45, 7) is 5.10. The molecule has 0 fully saturated rings. The van der Waals surface area contributed by atoms with Crippen LogP contribution in [-0.4, -0.2) is 43.3 Å². The summed E-state index contributed by atoms with van der Waals surface area (Å²) in [7, 11) is -2.18. The highest BCUT2D eigenvalue weighted by atomic mass is 32.2. The summed E-state index contributed by atoms with van der Waals surface area (Å²) < 4.78 is 29.9. The van der Waals surface area contributed by atoms with Crippen molar-refractivity contribution in [3.05, 3.63) is 35.7 Å². The van der Waals surface area contributed by atoms with Crippen LogP contribution in [0.15, 0.2) is 34.3 Å². The standard InChI is InChI=1S/C16H22N4O4S2/c1-11-12(2)20(7-8-24-3)16(18-11)25-10-15(21)19-13-5-4-6-14(9-13)26(17,22)23/h4-6,9H,7-8,10H2,1-3H3,(H,19,21)(H2,17,22,23). The van der Waals surface area contributed by atoms with Crippen molar-refractivity contribution in [1.82, 2.24) is 9.55 Å². The molecule has 0 bridgehead atoms. The summed E-state index contributed by atoms with van der Waals surface area (Å²) in [6.07, 6.45) is 0. The molecule has 142 valence electrons. The summed E-state index contributed by atoms with van der Waals surface area (Å²) in [6, 6.07) is 5.82. The van der Waals surface area contributed by atoms with Gasteiger partial charge in [-0.2, -0.15) is 0 Å². The van der Waals surface area contributed by atoms with Crippen molar-refractivity contribution in [3.63, 3.8) is 0 Å². The summed E-state index contributed by atoms with van der Waals surface area (Å²) in [5.74, 6) is -0.124. The average Bonchev–Trinajstić information content (AvgIpc) is 2.85. The van der Waals surface area contributed by atoms with Crippen molar-refractivity contribution in [2.24, 2.45) is 5.14 Å². The summed E-state index contributed by atoms with van der Waals surface area (Å²) in [4.78, 5) is 16.6. The first kappa shape index (κ1) is 20.4. The molecule has 1 heterocycles. The molecule has 2 aromatic rings. The second-order valence-electron chi connectivity index (χ2n) is 5.62. The van der Waals surface area contributed by atoms with E-state index in [1.165, 1.54) is 30.0 Å². The number of sulfonamides is 1. The van der Waals surface area contributed by atoms with Gasteiger partial charge in [-0.25, -0.2) is 18.5 Å². The molecule has 0 aliphatic carbocycles. The lowest BCUT2D eigenvalue weighted by molar-refractivity contribution is -0.113. The Morgan fingerprint density at radius 3 is 2.77 bits per heavy atom. The monoisotopic (exact) mass is 398 g/mol. The highest BCUT2D eigenvalue weighted by molar-refractivity contribution is 7.99. The number of hydrogen-bond acceptors (Lipinski definition) is 6. The number of nitrogens with one attached hydrogen (secondary N) is 1. The highest BCUT2D eigenvalue weighted by Crippen LogP contribution is 2.22. The van der Waals surface area contributed by atoms with Crippen molar-refractivity contribution in [1.29, 1.82) is 0 Å². The van der Waals surface area contributed by atoms with Crippen LogP contribution in [0.3, 0.4) is 0 Å². The number of rotatable bonds is 8. The van der Waals surface area contributed by atoms with Crippen LogP contribution in [0.1, 0.15) is 11.4 Å². The number of aromatic nitrogens is 2. The maximum absolute atomic E-state index is 12.2. The quantitative estimate of drug-likeness (QED) is 0.651. The second-order valence-corrected chi connectivity index (χ2v) is 8.12. The fourth-order valence-corrected chi connectivity index (χ4v) is 3.73. The molecule has 0 spiro atoms. The second kappa shape index (κ2) is 8.67. The van der Waals surface area contributed by atoms with Crippen molar-refractivity contribution in [2.45, 2.75) is 30.4 Å². The van der Waals surface area contributed by atoms with Gasteiger partial charge in [-0.3, -0.25) is 4.79 Å². The van der Waals surface area contributed by atoms with E-state index >= 15 is 0 Å². The largest absolute Gasteiger partial charge is 0.383 e. The zero-order chi connectivity index (χ0) is 19.3. The maximum Gasteiger partial charge on any atom is 0.238 e. The minimum Gasteiger partial charge on any atom is -0.383 e. The maximum atomic E-state index is 12.2. The molecule has 2 rings (SSSR count). The Hall–Kier alpha value is -1.88. The zero-order valence-corrected chi connectivity index (χ0v) is 16.5. The number of benzene rings is 1. The van der Waals surface area contributed by atoms with Gasteiger partial charge in [0.25, 0.3) is 0 Å². The average molecular weight is 399 g/mol. The predicted octanol–water partition coefficient (Wildman–Crippen LogP) is 1.52. The predicted molar refractivity (Wildman–Crippen MR) is 101 cm³/mol. The van der Waals surface area contributed by atoms with E-state index < -0.39 is 10.0 Å². The Morgan fingerprint density at radius 2 is 2.12 bits per heavy atom. The van der Waals surface area contributed by atoms with Crippen LogP contribution in [0.2, 0.25) is 0 Å². The number of anilines is 1.